The monoisotopic (exact) mass is 340 g/mol. The minimum atomic E-state index is -0.0304. The number of aromatic hydroxyl groups is 2. The molecule has 4 heteroatoms. The molecule has 110 valence electrons. The summed E-state index contributed by atoms with van der Waals surface area (Å²) in [5.74, 6) is 0.596. The summed E-state index contributed by atoms with van der Waals surface area (Å²) in [6.45, 7) is 0. The number of hydrogen-bond donors (Lipinski definition) is 2. The van der Waals surface area contributed by atoms with E-state index in [9.17, 15) is 10.2 Å². The molecule has 1 aromatic carbocycles. The highest BCUT2D eigenvalue weighted by molar-refractivity contribution is 9.09. The van der Waals surface area contributed by atoms with E-state index in [-0.39, 0.29) is 23.7 Å². The summed E-state index contributed by atoms with van der Waals surface area (Å²) in [6.07, 6.45) is 7.17. The molecule has 0 unspecified atom stereocenters. The maximum absolute atomic E-state index is 10.2. The van der Waals surface area contributed by atoms with Crippen LogP contribution in [-0.4, -0.2) is 21.6 Å². The van der Waals surface area contributed by atoms with Crippen LogP contribution in [0.2, 0.25) is 0 Å². The number of halogens is 1. The van der Waals surface area contributed by atoms with Gasteiger partial charge in [0.15, 0.2) is 11.5 Å². The molecule has 20 heavy (non-hydrogen) atoms. The van der Waals surface area contributed by atoms with E-state index >= 15 is 0 Å². The van der Waals surface area contributed by atoms with Gasteiger partial charge in [0, 0.05) is 17.3 Å². The molecule has 0 bridgehead atoms. The van der Waals surface area contributed by atoms with Gasteiger partial charge in [-0.25, -0.2) is 0 Å². The van der Waals surface area contributed by atoms with Crippen molar-refractivity contribution >= 4 is 15.9 Å². The largest absolute Gasteiger partial charge is 0.504 e. The normalized spacial score (nSPS) is 27.2. The molecule has 1 heterocycles. The fraction of sp³-hybridized carbons (Fsp3) is 0.625. The van der Waals surface area contributed by atoms with Crippen molar-refractivity contribution in [1.82, 2.24) is 0 Å². The Balaban J connectivity index is 1.90. The molecule has 0 spiro atoms. The van der Waals surface area contributed by atoms with E-state index in [4.69, 9.17) is 4.74 Å². The molecule has 1 aliphatic heterocycles. The fourth-order valence-corrected chi connectivity index (χ4v) is 4.09. The number of phenolic OH excluding ortho intramolecular Hbond substituents is 2. The zero-order valence-corrected chi connectivity index (χ0v) is 13.1. The quantitative estimate of drug-likeness (QED) is 0.630. The Morgan fingerprint density at radius 3 is 2.60 bits per heavy atom. The molecule has 3 nitrogen and oxygen atoms in total. The van der Waals surface area contributed by atoms with Crippen LogP contribution in [-0.2, 0) is 11.2 Å². The second-order valence-electron chi connectivity index (χ2n) is 5.92. The van der Waals surface area contributed by atoms with E-state index in [1.165, 1.54) is 32.1 Å². The Morgan fingerprint density at radius 1 is 1.15 bits per heavy atom. The third kappa shape index (κ3) is 2.56. The van der Waals surface area contributed by atoms with Crippen molar-refractivity contribution in [2.45, 2.75) is 50.7 Å². The highest BCUT2D eigenvalue weighted by Crippen LogP contribution is 2.43. The SMILES string of the molecule is Oc1ccc2c(c1O)C[C@@H](C1CCCCC1)O[C@H]2CBr. The second-order valence-corrected chi connectivity index (χ2v) is 6.57. The first kappa shape index (κ1) is 14.2. The highest BCUT2D eigenvalue weighted by atomic mass is 79.9. The van der Waals surface area contributed by atoms with E-state index in [0.717, 1.165) is 11.1 Å². The minimum absolute atomic E-state index is 0.0265. The summed E-state index contributed by atoms with van der Waals surface area (Å²) in [5.41, 5.74) is 1.88. The molecule has 2 aliphatic rings. The lowest BCUT2D eigenvalue weighted by atomic mass is 9.80. The Bertz CT molecular complexity index is 483. The Kier molecular flexibility index (Phi) is 4.22. The molecule has 1 aromatic rings. The summed E-state index contributed by atoms with van der Waals surface area (Å²) in [5, 5.41) is 20.6. The average Bonchev–Trinajstić information content (AvgIpc) is 2.51. The molecule has 2 atom stereocenters. The number of phenols is 2. The van der Waals surface area contributed by atoms with Crippen LogP contribution in [0.15, 0.2) is 12.1 Å². The van der Waals surface area contributed by atoms with Crippen molar-refractivity contribution in [3.63, 3.8) is 0 Å². The topological polar surface area (TPSA) is 49.7 Å². The predicted octanol–water partition coefficient (Wildman–Crippen LogP) is 4.06. The van der Waals surface area contributed by atoms with Crippen LogP contribution in [0.3, 0.4) is 0 Å². The number of ether oxygens (including phenoxy) is 1. The van der Waals surface area contributed by atoms with Crippen LogP contribution in [0, 0.1) is 5.92 Å². The number of benzene rings is 1. The maximum atomic E-state index is 10.2. The minimum Gasteiger partial charge on any atom is -0.504 e. The van der Waals surface area contributed by atoms with Gasteiger partial charge in [0.25, 0.3) is 0 Å². The van der Waals surface area contributed by atoms with Gasteiger partial charge >= 0.3 is 0 Å². The van der Waals surface area contributed by atoms with Gasteiger partial charge in [-0.1, -0.05) is 41.3 Å². The van der Waals surface area contributed by atoms with Gasteiger partial charge in [0.1, 0.15) is 0 Å². The van der Waals surface area contributed by atoms with E-state index in [0.29, 0.717) is 17.7 Å². The van der Waals surface area contributed by atoms with Gasteiger partial charge in [-0.2, -0.15) is 0 Å². The van der Waals surface area contributed by atoms with Gasteiger partial charge in [-0.15, -0.1) is 0 Å². The number of rotatable bonds is 2. The zero-order chi connectivity index (χ0) is 14.1. The number of fused-ring (bicyclic) bond motifs is 1. The van der Waals surface area contributed by atoms with Crippen LogP contribution >= 0.6 is 15.9 Å². The molecule has 0 radical (unpaired) electrons. The summed E-state index contributed by atoms with van der Waals surface area (Å²) in [7, 11) is 0. The molecule has 1 aliphatic carbocycles. The van der Waals surface area contributed by atoms with Crippen molar-refractivity contribution in [3.8, 4) is 11.5 Å². The molecule has 0 aromatic heterocycles. The van der Waals surface area contributed by atoms with Crippen LogP contribution in [0.1, 0.15) is 49.3 Å². The Hall–Kier alpha value is -0.740. The Morgan fingerprint density at radius 2 is 1.90 bits per heavy atom. The molecule has 1 fully saturated rings. The maximum Gasteiger partial charge on any atom is 0.161 e. The molecule has 0 saturated heterocycles. The molecular weight excluding hydrogens is 320 g/mol. The average molecular weight is 341 g/mol. The van der Waals surface area contributed by atoms with Crippen molar-refractivity contribution in [2.24, 2.45) is 5.92 Å². The predicted molar refractivity (Wildman–Crippen MR) is 81.5 cm³/mol. The van der Waals surface area contributed by atoms with Crippen LogP contribution in [0.25, 0.3) is 0 Å². The van der Waals surface area contributed by atoms with Crippen molar-refractivity contribution in [1.29, 1.82) is 0 Å². The lowest BCUT2D eigenvalue weighted by molar-refractivity contribution is -0.0529. The van der Waals surface area contributed by atoms with Gasteiger partial charge in [0.2, 0.25) is 0 Å². The second kappa shape index (κ2) is 5.94. The van der Waals surface area contributed by atoms with Gasteiger partial charge in [-0.05, 0) is 30.4 Å². The summed E-state index contributed by atoms with van der Waals surface area (Å²) < 4.78 is 6.26. The Labute approximate surface area is 128 Å². The van der Waals surface area contributed by atoms with E-state index < -0.39 is 0 Å². The summed E-state index contributed by atoms with van der Waals surface area (Å²) >= 11 is 3.51. The molecule has 0 amide bonds. The molecule has 2 N–H and O–H groups in total. The molecule has 1 saturated carbocycles. The van der Waals surface area contributed by atoms with Gasteiger partial charge in [-0.3, -0.25) is 0 Å². The first-order chi connectivity index (χ1) is 9.70. The van der Waals surface area contributed by atoms with Crippen LogP contribution in [0.5, 0.6) is 11.5 Å². The molecule has 3 rings (SSSR count). The number of alkyl halides is 1. The standard InChI is InChI=1S/C16H21BrO3/c17-9-15-11-6-7-13(18)16(19)12(11)8-14(20-15)10-4-2-1-3-5-10/h6-7,10,14-15,18-19H,1-5,8-9H2/t14-,15-/m0/s1. The van der Waals surface area contributed by atoms with Crippen molar-refractivity contribution < 1.29 is 14.9 Å². The third-order valence-electron chi connectivity index (χ3n) is 4.70. The van der Waals surface area contributed by atoms with Crippen LogP contribution < -0.4 is 0 Å². The lowest BCUT2D eigenvalue weighted by Crippen LogP contribution is -2.34. The number of hydrogen-bond acceptors (Lipinski definition) is 3. The van der Waals surface area contributed by atoms with Gasteiger partial charge in [0.05, 0.1) is 12.2 Å². The van der Waals surface area contributed by atoms with Gasteiger partial charge < -0.3 is 14.9 Å². The highest BCUT2D eigenvalue weighted by Gasteiger charge is 2.34. The summed E-state index contributed by atoms with van der Waals surface area (Å²) in [6, 6.07) is 3.42. The fourth-order valence-electron chi connectivity index (χ4n) is 3.59. The van der Waals surface area contributed by atoms with E-state index in [1.54, 1.807) is 6.07 Å². The summed E-state index contributed by atoms with van der Waals surface area (Å²) in [4.78, 5) is 0. The van der Waals surface area contributed by atoms with Crippen molar-refractivity contribution in [2.75, 3.05) is 5.33 Å². The third-order valence-corrected chi connectivity index (χ3v) is 5.29. The van der Waals surface area contributed by atoms with Crippen LogP contribution in [0.4, 0.5) is 0 Å². The van der Waals surface area contributed by atoms with E-state index in [2.05, 4.69) is 15.9 Å². The van der Waals surface area contributed by atoms with E-state index in [1.807, 2.05) is 6.07 Å². The van der Waals surface area contributed by atoms with Crippen molar-refractivity contribution in [3.05, 3.63) is 23.3 Å². The zero-order valence-electron chi connectivity index (χ0n) is 11.5. The molecular formula is C16H21BrO3. The lowest BCUT2D eigenvalue weighted by Gasteiger charge is -2.37. The smallest absolute Gasteiger partial charge is 0.161 e. The first-order valence-electron chi connectivity index (χ1n) is 7.46. The first-order valence-corrected chi connectivity index (χ1v) is 8.58.